The predicted molar refractivity (Wildman–Crippen MR) is 65.5 cm³/mol. The fourth-order valence-electron chi connectivity index (χ4n) is 1.16. The molecule has 6 heteroatoms. The molecule has 0 N–H and O–H groups in total. The van der Waals surface area contributed by atoms with Crippen LogP contribution in [0.2, 0.25) is 0 Å². The molecule has 16 heavy (non-hydrogen) atoms. The van der Waals surface area contributed by atoms with Crippen molar-refractivity contribution in [1.29, 1.82) is 0 Å². The highest BCUT2D eigenvalue weighted by Crippen LogP contribution is 2.00. The highest BCUT2D eigenvalue weighted by Gasteiger charge is 2.04. The Balaban J connectivity index is 0.000000293. The molecule has 0 radical (unpaired) electrons. The molecule has 1 aromatic heterocycles. The fraction of sp³-hybridized carbons (Fsp3) is 0.700. The molecule has 0 aliphatic carbocycles. The first-order valence-electron chi connectivity index (χ1n) is 5.16. The Morgan fingerprint density at radius 2 is 1.75 bits per heavy atom. The van der Waals surface area contributed by atoms with Gasteiger partial charge in [0.25, 0.3) is 0 Å². The molecule has 0 aliphatic heterocycles. The zero-order valence-electron chi connectivity index (χ0n) is 11.0. The molecule has 1 rings (SSSR count). The molecule has 0 unspecified atom stereocenters. The van der Waals surface area contributed by atoms with Gasteiger partial charge in [0.05, 0.1) is 0 Å². The molecule has 1 heterocycles. The topological polar surface area (TPSA) is 45.5 Å². The molecule has 0 saturated carbocycles. The van der Waals surface area contributed by atoms with Gasteiger partial charge in [0.2, 0.25) is 0 Å². The van der Waals surface area contributed by atoms with Crippen LogP contribution < -0.4 is 0 Å². The van der Waals surface area contributed by atoms with E-state index in [-0.39, 0.29) is 0 Å². The number of aromatic nitrogens is 2. The lowest BCUT2D eigenvalue weighted by Gasteiger charge is -2.05. The predicted octanol–water partition coefficient (Wildman–Crippen LogP) is 0.934. The number of rotatable bonds is 4. The van der Waals surface area contributed by atoms with E-state index in [0.717, 1.165) is 12.2 Å². The van der Waals surface area contributed by atoms with Crippen molar-refractivity contribution in [3.8, 4) is 0 Å². The highest BCUT2D eigenvalue weighted by atomic mass is 28.3. The first kappa shape index (κ1) is 15.3. The van der Waals surface area contributed by atoms with Crippen molar-refractivity contribution in [2.75, 3.05) is 21.3 Å². The zero-order chi connectivity index (χ0) is 12.6. The fourth-order valence-corrected chi connectivity index (χ4v) is 1.74. The summed E-state index contributed by atoms with van der Waals surface area (Å²) >= 11 is 0. The van der Waals surface area contributed by atoms with Gasteiger partial charge in [-0.1, -0.05) is 6.92 Å². The van der Waals surface area contributed by atoms with Crippen molar-refractivity contribution in [3.63, 3.8) is 0 Å². The van der Waals surface area contributed by atoms with E-state index in [1.165, 1.54) is 5.69 Å². The van der Waals surface area contributed by atoms with E-state index in [2.05, 4.69) is 23.4 Å². The van der Waals surface area contributed by atoms with Crippen LogP contribution in [-0.4, -0.2) is 40.4 Å². The first-order chi connectivity index (χ1) is 7.60. The second kappa shape index (κ2) is 8.46. The molecular formula is C10H22N2O3Si. The molecule has 94 valence electrons. The molecular weight excluding hydrogens is 224 g/mol. The van der Waals surface area contributed by atoms with Crippen LogP contribution in [0.4, 0.5) is 0 Å². The van der Waals surface area contributed by atoms with Crippen LogP contribution in [0.15, 0.2) is 6.20 Å². The third-order valence-corrected chi connectivity index (χ3v) is 3.36. The van der Waals surface area contributed by atoms with E-state index >= 15 is 0 Å². The Bertz CT molecular complexity index is 282. The van der Waals surface area contributed by atoms with E-state index in [0.29, 0.717) is 0 Å². The molecule has 0 atom stereocenters. The van der Waals surface area contributed by atoms with Gasteiger partial charge in [0.1, 0.15) is 5.82 Å². The summed E-state index contributed by atoms with van der Waals surface area (Å²) in [6.45, 7) is 4.17. The van der Waals surface area contributed by atoms with Gasteiger partial charge in [-0.25, -0.2) is 4.98 Å². The Hall–Kier alpha value is -0.693. The summed E-state index contributed by atoms with van der Waals surface area (Å²) in [5, 5.41) is 0. The molecule has 0 fully saturated rings. The Labute approximate surface area is 99.3 Å². The third-order valence-electron chi connectivity index (χ3n) is 2.21. The van der Waals surface area contributed by atoms with Gasteiger partial charge in [0.15, 0.2) is 0 Å². The van der Waals surface area contributed by atoms with Crippen molar-refractivity contribution in [2.45, 2.75) is 20.3 Å². The average Bonchev–Trinajstić information content (AvgIpc) is 2.63. The molecule has 0 aliphatic rings. The minimum atomic E-state index is -1.67. The van der Waals surface area contributed by atoms with E-state index in [9.17, 15) is 0 Å². The smallest absolute Gasteiger partial charge is 0.379 e. The molecule has 0 saturated heterocycles. The minimum Gasteiger partial charge on any atom is -0.379 e. The van der Waals surface area contributed by atoms with Gasteiger partial charge < -0.3 is 17.8 Å². The van der Waals surface area contributed by atoms with Crippen LogP contribution in [0.25, 0.3) is 0 Å². The van der Waals surface area contributed by atoms with Crippen molar-refractivity contribution in [3.05, 3.63) is 17.7 Å². The van der Waals surface area contributed by atoms with Crippen molar-refractivity contribution < 1.29 is 13.3 Å². The van der Waals surface area contributed by atoms with Gasteiger partial charge in [-0.3, -0.25) is 0 Å². The van der Waals surface area contributed by atoms with Gasteiger partial charge >= 0.3 is 9.53 Å². The number of nitrogens with zero attached hydrogens (tertiary/aromatic N) is 2. The Kier molecular flexibility index (Phi) is 8.09. The molecule has 0 amide bonds. The zero-order valence-corrected chi connectivity index (χ0v) is 12.1. The second-order valence-electron chi connectivity index (χ2n) is 3.22. The van der Waals surface area contributed by atoms with Crippen LogP contribution in [0, 0.1) is 6.92 Å². The van der Waals surface area contributed by atoms with Crippen molar-refractivity contribution in [1.82, 2.24) is 9.55 Å². The summed E-state index contributed by atoms with van der Waals surface area (Å²) in [5.41, 5.74) is 1.23. The largest absolute Gasteiger partial charge is 0.483 e. The van der Waals surface area contributed by atoms with E-state index in [4.69, 9.17) is 13.3 Å². The second-order valence-corrected chi connectivity index (χ2v) is 5.22. The van der Waals surface area contributed by atoms with Crippen molar-refractivity contribution in [2.24, 2.45) is 7.05 Å². The van der Waals surface area contributed by atoms with Crippen LogP contribution in [0.5, 0.6) is 0 Å². The van der Waals surface area contributed by atoms with Gasteiger partial charge in [-0.15, -0.1) is 0 Å². The summed E-state index contributed by atoms with van der Waals surface area (Å²) in [6, 6.07) is 0. The van der Waals surface area contributed by atoms with Gasteiger partial charge in [-0.05, 0) is 6.92 Å². The van der Waals surface area contributed by atoms with E-state index in [1.807, 2.05) is 13.2 Å². The highest BCUT2D eigenvalue weighted by molar-refractivity contribution is 6.36. The average molecular weight is 246 g/mol. The molecule has 0 aromatic carbocycles. The Morgan fingerprint density at radius 3 is 1.88 bits per heavy atom. The molecule has 5 nitrogen and oxygen atoms in total. The maximum Gasteiger partial charge on any atom is 0.483 e. The lowest BCUT2D eigenvalue weighted by atomic mass is 10.4. The summed E-state index contributed by atoms with van der Waals surface area (Å²) in [5.74, 6) is 1.16. The molecule has 1 aromatic rings. The van der Waals surface area contributed by atoms with Gasteiger partial charge in [0, 0.05) is 46.7 Å². The standard InChI is InChI=1S/C7H12N2.C3H10O3Si/c1-4-7-8-5-6(2)9(7)3;1-4-7(5-2)6-3/h5H,4H2,1-3H3;7H,1-3H3. The van der Waals surface area contributed by atoms with E-state index < -0.39 is 9.53 Å². The van der Waals surface area contributed by atoms with Crippen LogP contribution in [0.1, 0.15) is 18.4 Å². The number of imidazole rings is 1. The first-order valence-corrected chi connectivity index (χ1v) is 6.57. The SMILES string of the molecule is CCc1ncc(C)n1C.CO[SiH](OC)OC. The molecule has 0 bridgehead atoms. The van der Waals surface area contributed by atoms with Crippen LogP contribution in [-0.2, 0) is 26.7 Å². The minimum absolute atomic E-state index is 1.02. The molecule has 0 spiro atoms. The summed E-state index contributed by atoms with van der Waals surface area (Å²) in [4.78, 5) is 4.20. The maximum atomic E-state index is 4.74. The van der Waals surface area contributed by atoms with Crippen LogP contribution in [0.3, 0.4) is 0 Å². The van der Waals surface area contributed by atoms with Crippen LogP contribution >= 0.6 is 0 Å². The lowest BCUT2D eigenvalue weighted by Crippen LogP contribution is -2.21. The number of aryl methyl sites for hydroxylation is 2. The van der Waals surface area contributed by atoms with Gasteiger partial charge in [-0.2, -0.15) is 0 Å². The Morgan fingerprint density at radius 1 is 1.25 bits per heavy atom. The third kappa shape index (κ3) is 4.89. The summed E-state index contributed by atoms with van der Waals surface area (Å²) in [6.07, 6.45) is 2.92. The number of hydrogen-bond acceptors (Lipinski definition) is 4. The summed E-state index contributed by atoms with van der Waals surface area (Å²) < 4.78 is 16.3. The maximum absolute atomic E-state index is 4.74. The van der Waals surface area contributed by atoms with Crippen molar-refractivity contribution >= 4 is 9.53 Å². The quantitative estimate of drug-likeness (QED) is 0.742. The number of hydrogen-bond donors (Lipinski definition) is 0. The summed E-state index contributed by atoms with van der Waals surface area (Å²) in [7, 11) is 5.09. The lowest BCUT2D eigenvalue weighted by molar-refractivity contribution is 0.163. The van der Waals surface area contributed by atoms with E-state index in [1.54, 1.807) is 21.3 Å². The monoisotopic (exact) mass is 246 g/mol. The normalized spacial score (nSPS) is 10.2.